The Morgan fingerprint density at radius 3 is 1.68 bits per heavy atom. The van der Waals surface area contributed by atoms with Crippen LogP contribution in [0.15, 0.2) is 91.5 Å². The van der Waals surface area contributed by atoms with Gasteiger partial charge in [-0.3, -0.25) is 9.97 Å². The second kappa shape index (κ2) is 6.70. The van der Waals surface area contributed by atoms with E-state index in [0.29, 0.717) is 0 Å². The highest BCUT2D eigenvalue weighted by Gasteiger charge is 2.12. The maximum atomic E-state index is 4.31. The van der Waals surface area contributed by atoms with Crippen LogP contribution in [0.5, 0.6) is 0 Å². The molecule has 120 valence electrons. The Kier molecular flexibility index (Phi) is 4.09. The summed E-state index contributed by atoms with van der Waals surface area (Å²) >= 11 is 0. The number of hydrogen-bond acceptors (Lipinski definition) is 2. The topological polar surface area (TPSA) is 25.8 Å². The number of hydrogen-bond donors (Lipinski definition) is 0. The predicted octanol–water partition coefficient (Wildman–Crippen LogP) is 5.79. The average molecular weight is 322 g/mol. The van der Waals surface area contributed by atoms with Crippen LogP contribution in [0.4, 0.5) is 0 Å². The van der Waals surface area contributed by atoms with Crippen LogP contribution in [0, 0.1) is 6.92 Å². The second-order valence-corrected chi connectivity index (χ2v) is 6.06. The molecule has 0 N–H and O–H groups in total. The summed E-state index contributed by atoms with van der Waals surface area (Å²) in [7, 11) is 0. The SMILES string of the molecule is Cc1cc(-c2cccnc2)c(-c2cccnc2)cc1-c1ccccc1. The molecule has 0 fully saturated rings. The fourth-order valence-corrected chi connectivity index (χ4v) is 3.16. The molecule has 0 unspecified atom stereocenters. The Bertz CT molecular complexity index is 978. The summed E-state index contributed by atoms with van der Waals surface area (Å²) in [5.74, 6) is 0. The van der Waals surface area contributed by atoms with Crippen LogP contribution in [0.1, 0.15) is 5.56 Å². The van der Waals surface area contributed by atoms with Crippen LogP contribution in [-0.2, 0) is 0 Å². The number of aromatic nitrogens is 2. The van der Waals surface area contributed by atoms with Gasteiger partial charge in [-0.1, -0.05) is 48.5 Å². The van der Waals surface area contributed by atoms with Gasteiger partial charge in [0.1, 0.15) is 0 Å². The van der Waals surface area contributed by atoms with E-state index in [4.69, 9.17) is 0 Å². The quantitative estimate of drug-likeness (QED) is 0.477. The second-order valence-electron chi connectivity index (χ2n) is 6.06. The van der Waals surface area contributed by atoms with E-state index in [1.165, 1.54) is 27.8 Å². The summed E-state index contributed by atoms with van der Waals surface area (Å²) in [6.45, 7) is 2.16. The number of aryl methyl sites for hydroxylation is 1. The molecule has 0 aliphatic carbocycles. The third kappa shape index (κ3) is 3.07. The van der Waals surface area contributed by atoms with Gasteiger partial charge in [0.2, 0.25) is 0 Å². The summed E-state index contributed by atoms with van der Waals surface area (Å²) in [6.07, 6.45) is 7.44. The predicted molar refractivity (Wildman–Crippen MR) is 103 cm³/mol. The van der Waals surface area contributed by atoms with Gasteiger partial charge in [-0.05, 0) is 52.9 Å². The normalized spacial score (nSPS) is 10.6. The molecule has 0 saturated heterocycles. The lowest BCUT2D eigenvalue weighted by molar-refractivity contribution is 1.31. The molecule has 0 aliphatic heterocycles. The zero-order valence-electron chi connectivity index (χ0n) is 14.1. The van der Waals surface area contributed by atoms with Crippen molar-refractivity contribution in [2.45, 2.75) is 6.92 Å². The first-order valence-electron chi connectivity index (χ1n) is 8.34. The average Bonchev–Trinajstić information content (AvgIpc) is 2.70. The highest BCUT2D eigenvalue weighted by Crippen LogP contribution is 2.37. The van der Waals surface area contributed by atoms with Crippen molar-refractivity contribution < 1.29 is 0 Å². The standard InChI is InChI=1S/C23H18N2/c1-17-13-22(19-9-5-11-24-15-19)23(20-10-6-12-25-16-20)14-21(17)18-7-3-2-4-8-18/h2-16H,1H3. The van der Waals surface area contributed by atoms with Crippen molar-refractivity contribution in [1.29, 1.82) is 0 Å². The molecular formula is C23H18N2. The van der Waals surface area contributed by atoms with Crippen molar-refractivity contribution in [2.75, 3.05) is 0 Å². The summed E-state index contributed by atoms with van der Waals surface area (Å²) in [6, 6.07) is 23.2. The lowest BCUT2D eigenvalue weighted by atomic mass is 9.89. The summed E-state index contributed by atoms with van der Waals surface area (Å²) in [4.78, 5) is 8.60. The lowest BCUT2D eigenvalue weighted by Gasteiger charge is -2.15. The number of rotatable bonds is 3. The number of benzene rings is 2. The number of nitrogens with zero attached hydrogens (tertiary/aromatic N) is 2. The molecular weight excluding hydrogens is 304 g/mol. The molecule has 0 saturated carbocycles. The molecule has 2 aromatic carbocycles. The van der Waals surface area contributed by atoms with Gasteiger partial charge >= 0.3 is 0 Å². The van der Waals surface area contributed by atoms with Crippen molar-refractivity contribution in [2.24, 2.45) is 0 Å². The van der Waals surface area contributed by atoms with Crippen LogP contribution in [0.2, 0.25) is 0 Å². The molecule has 0 aliphatic rings. The van der Waals surface area contributed by atoms with Crippen molar-refractivity contribution in [1.82, 2.24) is 9.97 Å². The summed E-state index contributed by atoms with van der Waals surface area (Å²) < 4.78 is 0. The molecule has 0 radical (unpaired) electrons. The van der Waals surface area contributed by atoms with E-state index in [1.807, 2.05) is 30.6 Å². The fourth-order valence-electron chi connectivity index (χ4n) is 3.16. The van der Waals surface area contributed by atoms with Crippen LogP contribution < -0.4 is 0 Å². The fraction of sp³-hybridized carbons (Fsp3) is 0.0435. The molecule has 2 aromatic heterocycles. The highest BCUT2D eigenvalue weighted by atomic mass is 14.6. The van der Waals surface area contributed by atoms with Gasteiger partial charge in [0, 0.05) is 35.9 Å². The zero-order valence-corrected chi connectivity index (χ0v) is 14.1. The number of pyridine rings is 2. The van der Waals surface area contributed by atoms with E-state index in [1.54, 1.807) is 12.4 Å². The van der Waals surface area contributed by atoms with Gasteiger partial charge in [0.15, 0.2) is 0 Å². The van der Waals surface area contributed by atoms with E-state index in [2.05, 4.69) is 65.4 Å². The van der Waals surface area contributed by atoms with E-state index < -0.39 is 0 Å². The van der Waals surface area contributed by atoms with Crippen molar-refractivity contribution >= 4 is 0 Å². The van der Waals surface area contributed by atoms with Gasteiger partial charge in [-0.25, -0.2) is 0 Å². The Morgan fingerprint density at radius 2 is 1.12 bits per heavy atom. The monoisotopic (exact) mass is 322 g/mol. The molecule has 2 heterocycles. The minimum absolute atomic E-state index is 1.11. The van der Waals surface area contributed by atoms with E-state index in [9.17, 15) is 0 Å². The van der Waals surface area contributed by atoms with Crippen molar-refractivity contribution in [3.8, 4) is 33.4 Å². The highest BCUT2D eigenvalue weighted by molar-refractivity contribution is 5.88. The Hall–Kier alpha value is -3.26. The van der Waals surface area contributed by atoms with Gasteiger partial charge in [-0.15, -0.1) is 0 Å². The largest absolute Gasteiger partial charge is 0.264 e. The Morgan fingerprint density at radius 1 is 0.560 bits per heavy atom. The van der Waals surface area contributed by atoms with Gasteiger partial charge in [-0.2, -0.15) is 0 Å². The van der Waals surface area contributed by atoms with Crippen molar-refractivity contribution in [3.05, 3.63) is 97.1 Å². The van der Waals surface area contributed by atoms with E-state index in [0.717, 1.165) is 11.1 Å². The molecule has 4 rings (SSSR count). The molecule has 0 bridgehead atoms. The zero-order chi connectivity index (χ0) is 17.1. The summed E-state index contributed by atoms with van der Waals surface area (Å²) in [5, 5.41) is 0. The third-order valence-corrected chi connectivity index (χ3v) is 4.39. The first-order chi connectivity index (χ1) is 12.3. The molecule has 0 atom stereocenters. The summed E-state index contributed by atoms with van der Waals surface area (Å²) in [5.41, 5.74) is 8.29. The minimum Gasteiger partial charge on any atom is -0.264 e. The Labute approximate surface area is 147 Å². The maximum absolute atomic E-state index is 4.31. The van der Waals surface area contributed by atoms with Crippen molar-refractivity contribution in [3.63, 3.8) is 0 Å². The Balaban J connectivity index is 1.98. The lowest BCUT2D eigenvalue weighted by Crippen LogP contribution is -1.92. The van der Waals surface area contributed by atoms with Crippen LogP contribution in [0.25, 0.3) is 33.4 Å². The molecule has 0 amide bonds. The molecule has 0 spiro atoms. The van der Waals surface area contributed by atoms with Crippen LogP contribution in [-0.4, -0.2) is 9.97 Å². The van der Waals surface area contributed by atoms with E-state index >= 15 is 0 Å². The first-order valence-corrected chi connectivity index (χ1v) is 8.34. The molecule has 2 heteroatoms. The third-order valence-electron chi connectivity index (χ3n) is 4.39. The van der Waals surface area contributed by atoms with Gasteiger partial charge < -0.3 is 0 Å². The molecule has 4 aromatic rings. The minimum atomic E-state index is 1.11. The van der Waals surface area contributed by atoms with E-state index in [-0.39, 0.29) is 0 Å². The van der Waals surface area contributed by atoms with Crippen LogP contribution >= 0.6 is 0 Å². The first kappa shape index (κ1) is 15.3. The smallest absolute Gasteiger partial charge is 0.0346 e. The molecule has 2 nitrogen and oxygen atoms in total. The van der Waals surface area contributed by atoms with Gasteiger partial charge in [0.05, 0.1) is 0 Å². The maximum Gasteiger partial charge on any atom is 0.0346 e. The van der Waals surface area contributed by atoms with Crippen LogP contribution in [0.3, 0.4) is 0 Å². The van der Waals surface area contributed by atoms with Gasteiger partial charge in [0.25, 0.3) is 0 Å². The molecule has 25 heavy (non-hydrogen) atoms.